The van der Waals surface area contributed by atoms with Crippen molar-refractivity contribution in [3.05, 3.63) is 47.9 Å². The Kier molecular flexibility index (Phi) is 6.91. The fraction of sp³-hybridized carbons (Fsp3) is 0.450. The van der Waals surface area contributed by atoms with Gasteiger partial charge in [0.15, 0.2) is 0 Å². The minimum absolute atomic E-state index is 0.136. The number of hydrogen-bond donors (Lipinski definition) is 0. The fourth-order valence-corrected chi connectivity index (χ4v) is 2.30. The zero-order valence-corrected chi connectivity index (χ0v) is 14.8. The van der Waals surface area contributed by atoms with Crippen molar-refractivity contribution < 1.29 is 9.53 Å². The Morgan fingerprint density at radius 1 is 1.21 bits per heavy atom. The molecule has 2 aromatic rings. The van der Waals surface area contributed by atoms with Crippen LogP contribution in [-0.2, 0) is 11.2 Å². The van der Waals surface area contributed by atoms with Gasteiger partial charge in [-0.1, -0.05) is 63.9 Å². The molecule has 0 spiro atoms. The van der Waals surface area contributed by atoms with E-state index in [2.05, 4.69) is 30.7 Å². The Bertz CT molecular complexity index is 656. The first kappa shape index (κ1) is 18.1. The monoisotopic (exact) mass is 326 g/mol. The van der Waals surface area contributed by atoms with Gasteiger partial charge in [0.05, 0.1) is 12.3 Å². The summed E-state index contributed by atoms with van der Waals surface area (Å²) in [6.07, 6.45) is 5.82. The van der Waals surface area contributed by atoms with Crippen LogP contribution in [0.25, 0.3) is 11.3 Å². The molecule has 0 aliphatic rings. The Morgan fingerprint density at radius 2 is 1.96 bits per heavy atom. The molecule has 1 atom stereocenters. The highest BCUT2D eigenvalue weighted by Gasteiger charge is 2.16. The fourth-order valence-electron chi connectivity index (χ4n) is 2.30. The van der Waals surface area contributed by atoms with Gasteiger partial charge < -0.3 is 4.74 Å². The molecule has 0 N–H and O–H groups in total. The standard InChI is InChI=1S/C20H26N2O2/c1-4-6-10-17-13-21-19(20(23)24-14-15(3)5-2)22-18(17)16-11-8-7-9-12-16/h7-9,11-13,15H,4-6,10,14H2,1-3H3. The van der Waals surface area contributed by atoms with Crippen LogP contribution in [0.1, 0.15) is 56.2 Å². The van der Waals surface area contributed by atoms with Gasteiger partial charge in [-0.25, -0.2) is 14.8 Å². The highest BCUT2D eigenvalue weighted by atomic mass is 16.5. The molecule has 1 unspecified atom stereocenters. The molecule has 128 valence electrons. The van der Waals surface area contributed by atoms with E-state index in [0.717, 1.165) is 42.5 Å². The summed E-state index contributed by atoms with van der Waals surface area (Å²) in [5, 5.41) is 0. The summed E-state index contributed by atoms with van der Waals surface area (Å²) < 4.78 is 5.33. The average molecular weight is 326 g/mol. The van der Waals surface area contributed by atoms with Crippen molar-refractivity contribution in [3.8, 4) is 11.3 Å². The van der Waals surface area contributed by atoms with Crippen molar-refractivity contribution >= 4 is 5.97 Å². The Labute approximate surface area is 144 Å². The van der Waals surface area contributed by atoms with Crippen LogP contribution in [0.2, 0.25) is 0 Å². The number of benzene rings is 1. The third-order valence-corrected chi connectivity index (χ3v) is 4.09. The molecule has 0 radical (unpaired) electrons. The first-order valence-electron chi connectivity index (χ1n) is 8.74. The summed E-state index contributed by atoms with van der Waals surface area (Å²) in [5.74, 6) is 0.0262. The van der Waals surface area contributed by atoms with Gasteiger partial charge in [-0.15, -0.1) is 0 Å². The minimum Gasteiger partial charge on any atom is -0.460 e. The van der Waals surface area contributed by atoms with Gasteiger partial charge in [-0.05, 0) is 24.3 Å². The Balaban J connectivity index is 2.26. The second kappa shape index (κ2) is 9.16. The van der Waals surface area contributed by atoms with Crippen molar-refractivity contribution in [2.24, 2.45) is 5.92 Å². The predicted octanol–water partition coefficient (Wildman–Crippen LogP) is 4.69. The van der Waals surface area contributed by atoms with Crippen LogP contribution in [0.15, 0.2) is 36.5 Å². The highest BCUT2D eigenvalue weighted by molar-refractivity contribution is 5.86. The summed E-state index contributed by atoms with van der Waals surface area (Å²) in [4.78, 5) is 21.0. The van der Waals surface area contributed by atoms with E-state index in [-0.39, 0.29) is 5.82 Å². The number of ether oxygens (including phenoxy) is 1. The summed E-state index contributed by atoms with van der Waals surface area (Å²) in [7, 11) is 0. The van der Waals surface area contributed by atoms with Crippen LogP contribution in [0, 0.1) is 5.92 Å². The molecule has 2 rings (SSSR count). The quantitative estimate of drug-likeness (QED) is 0.660. The van der Waals surface area contributed by atoms with Gasteiger partial charge in [0, 0.05) is 11.8 Å². The van der Waals surface area contributed by atoms with Crippen molar-refractivity contribution in [1.29, 1.82) is 0 Å². The maximum atomic E-state index is 12.2. The second-order valence-corrected chi connectivity index (χ2v) is 6.15. The number of aromatic nitrogens is 2. The first-order chi connectivity index (χ1) is 11.7. The average Bonchev–Trinajstić information content (AvgIpc) is 2.64. The Hall–Kier alpha value is -2.23. The third-order valence-electron chi connectivity index (χ3n) is 4.09. The lowest BCUT2D eigenvalue weighted by molar-refractivity contribution is 0.0433. The van der Waals surface area contributed by atoms with Gasteiger partial charge in [0.25, 0.3) is 0 Å². The maximum Gasteiger partial charge on any atom is 0.376 e. The molecule has 1 aromatic heterocycles. The molecule has 0 aliphatic carbocycles. The number of carbonyl (C=O) groups excluding carboxylic acids is 1. The molecule has 0 saturated carbocycles. The molecule has 0 fully saturated rings. The lowest BCUT2D eigenvalue weighted by Crippen LogP contribution is -2.15. The topological polar surface area (TPSA) is 52.1 Å². The molecule has 1 heterocycles. The lowest BCUT2D eigenvalue weighted by atomic mass is 10.0. The molecule has 0 aliphatic heterocycles. The van der Waals surface area contributed by atoms with Crippen molar-refractivity contribution in [2.75, 3.05) is 6.61 Å². The lowest BCUT2D eigenvalue weighted by Gasteiger charge is -2.11. The molecule has 0 bridgehead atoms. The minimum atomic E-state index is -0.450. The van der Waals surface area contributed by atoms with Gasteiger partial charge in [0.1, 0.15) is 0 Å². The molecule has 24 heavy (non-hydrogen) atoms. The van der Waals surface area contributed by atoms with E-state index in [1.54, 1.807) is 6.20 Å². The van der Waals surface area contributed by atoms with Crippen LogP contribution in [0.4, 0.5) is 0 Å². The molecular formula is C20H26N2O2. The summed E-state index contributed by atoms with van der Waals surface area (Å²) in [6.45, 7) is 6.68. The number of rotatable bonds is 8. The number of esters is 1. The van der Waals surface area contributed by atoms with Gasteiger partial charge in [-0.2, -0.15) is 0 Å². The van der Waals surface area contributed by atoms with E-state index in [1.165, 1.54) is 0 Å². The van der Waals surface area contributed by atoms with Crippen LogP contribution < -0.4 is 0 Å². The normalized spacial score (nSPS) is 12.0. The molecular weight excluding hydrogens is 300 g/mol. The van der Waals surface area contributed by atoms with E-state index in [4.69, 9.17) is 4.74 Å². The molecule has 0 amide bonds. The number of carbonyl (C=O) groups is 1. The van der Waals surface area contributed by atoms with Crippen LogP contribution >= 0.6 is 0 Å². The maximum absolute atomic E-state index is 12.2. The molecule has 0 saturated heterocycles. The number of unbranched alkanes of at least 4 members (excludes halogenated alkanes) is 1. The van der Waals surface area contributed by atoms with Crippen molar-refractivity contribution in [3.63, 3.8) is 0 Å². The summed E-state index contributed by atoms with van der Waals surface area (Å²) >= 11 is 0. The Morgan fingerprint density at radius 3 is 2.62 bits per heavy atom. The zero-order chi connectivity index (χ0) is 17.4. The van der Waals surface area contributed by atoms with Crippen molar-refractivity contribution in [2.45, 2.75) is 46.5 Å². The first-order valence-corrected chi connectivity index (χ1v) is 8.74. The van der Waals surface area contributed by atoms with Crippen LogP contribution in [0.5, 0.6) is 0 Å². The van der Waals surface area contributed by atoms with Gasteiger partial charge in [-0.3, -0.25) is 0 Å². The number of nitrogens with zero attached hydrogens (tertiary/aromatic N) is 2. The molecule has 4 heteroatoms. The highest BCUT2D eigenvalue weighted by Crippen LogP contribution is 2.22. The second-order valence-electron chi connectivity index (χ2n) is 6.15. The number of hydrogen-bond acceptors (Lipinski definition) is 4. The zero-order valence-electron chi connectivity index (χ0n) is 14.8. The smallest absolute Gasteiger partial charge is 0.376 e. The SMILES string of the molecule is CCCCc1cnc(C(=O)OCC(C)CC)nc1-c1ccccc1. The molecule has 4 nitrogen and oxygen atoms in total. The van der Waals surface area contributed by atoms with Gasteiger partial charge in [0.2, 0.25) is 5.82 Å². The van der Waals surface area contributed by atoms with Crippen molar-refractivity contribution in [1.82, 2.24) is 9.97 Å². The van der Waals surface area contributed by atoms with E-state index < -0.39 is 5.97 Å². The van der Waals surface area contributed by atoms with Gasteiger partial charge >= 0.3 is 5.97 Å². The number of aryl methyl sites for hydroxylation is 1. The van der Waals surface area contributed by atoms with E-state index in [9.17, 15) is 4.79 Å². The summed E-state index contributed by atoms with van der Waals surface area (Å²) in [6, 6.07) is 9.93. The van der Waals surface area contributed by atoms with Crippen LogP contribution in [-0.4, -0.2) is 22.5 Å². The van der Waals surface area contributed by atoms with Crippen LogP contribution in [0.3, 0.4) is 0 Å². The predicted molar refractivity (Wildman–Crippen MR) is 95.8 cm³/mol. The van der Waals surface area contributed by atoms with E-state index in [1.807, 2.05) is 30.3 Å². The van der Waals surface area contributed by atoms with E-state index >= 15 is 0 Å². The van der Waals surface area contributed by atoms with E-state index in [0.29, 0.717) is 12.5 Å². The third kappa shape index (κ3) is 4.88. The molecule has 1 aromatic carbocycles. The largest absolute Gasteiger partial charge is 0.460 e. The summed E-state index contributed by atoms with van der Waals surface area (Å²) in [5.41, 5.74) is 2.90.